The van der Waals surface area contributed by atoms with Gasteiger partial charge in [-0.1, -0.05) is 19.8 Å². The summed E-state index contributed by atoms with van der Waals surface area (Å²) in [6.07, 6.45) is 3.65. The molecule has 0 spiro atoms. The molecule has 4 nitrogen and oxygen atoms in total. The molecule has 0 fully saturated rings. The lowest BCUT2D eigenvalue weighted by molar-refractivity contribution is 0.352. The van der Waals surface area contributed by atoms with E-state index in [0.29, 0.717) is 13.0 Å². The Hall–Kier alpha value is 0.110. The van der Waals surface area contributed by atoms with Gasteiger partial charge in [-0.05, 0) is 25.3 Å². The highest BCUT2D eigenvalue weighted by Crippen LogP contribution is 2.38. The van der Waals surface area contributed by atoms with Crippen LogP contribution < -0.4 is 5.73 Å². The molecule has 4 N–H and O–H groups in total. The van der Waals surface area contributed by atoms with Crippen LogP contribution in [0, 0.1) is 5.92 Å². The van der Waals surface area contributed by atoms with Crippen molar-refractivity contribution in [3.05, 3.63) is 0 Å². The monoisotopic (exact) mass is 209 g/mol. The Morgan fingerprint density at radius 2 is 2.00 bits per heavy atom. The third-order valence-corrected chi connectivity index (χ3v) is 3.03. The van der Waals surface area contributed by atoms with Gasteiger partial charge in [0.25, 0.3) is 0 Å². The molecule has 5 heteroatoms. The van der Waals surface area contributed by atoms with Gasteiger partial charge in [0.2, 0.25) is 0 Å². The minimum Gasteiger partial charge on any atom is -0.330 e. The van der Waals surface area contributed by atoms with Gasteiger partial charge in [0, 0.05) is 0 Å². The summed E-state index contributed by atoms with van der Waals surface area (Å²) in [5.41, 5.74) is 5.37. The Bertz CT molecular complexity index is 169. The third-order valence-electron chi connectivity index (χ3n) is 2.04. The zero-order chi connectivity index (χ0) is 10.3. The van der Waals surface area contributed by atoms with E-state index in [-0.39, 0.29) is 12.1 Å². The van der Waals surface area contributed by atoms with Crippen molar-refractivity contribution >= 4 is 7.60 Å². The van der Waals surface area contributed by atoms with Crippen LogP contribution in [-0.2, 0) is 4.57 Å². The van der Waals surface area contributed by atoms with E-state index in [0.717, 1.165) is 19.3 Å². The fraction of sp³-hybridized carbons (Fsp3) is 1.00. The second-order valence-electron chi connectivity index (χ2n) is 3.43. The lowest BCUT2D eigenvalue weighted by Crippen LogP contribution is -2.13. The van der Waals surface area contributed by atoms with E-state index < -0.39 is 7.60 Å². The maximum Gasteiger partial charge on any atom is 0.325 e. The summed E-state index contributed by atoms with van der Waals surface area (Å²) in [5.74, 6) is 0.0887. The van der Waals surface area contributed by atoms with Gasteiger partial charge < -0.3 is 15.5 Å². The molecule has 80 valence electrons. The normalized spacial score (nSPS) is 14.5. The molecule has 0 bridgehead atoms. The van der Waals surface area contributed by atoms with E-state index in [4.69, 9.17) is 15.5 Å². The second-order valence-corrected chi connectivity index (χ2v) is 5.13. The van der Waals surface area contributed by atoms with Crippen molar-refractivity contribution in [3.8, 4) is 0 Å². The van der Waals surface area contributed by atoms with E-state index >= 15 is 0 Å². The van der Waals surface area contributed by atoms with Crippen molar-refractivity contribution < 1.29 is 14.4 Å². The third kappa shape index (κ3) is 8.44. The smallest absolute Gasteiger partial charge is 0.325 e. The summed E-state index contributed by atoms with van der Waals surface area (Å²) in [7, 11) is -3.85. The van der Waals surface area contributed by atoms with Gasteiger partial charge in [0.05, 0.1) is 6.16 Å². The molecule has 0 aromatic rings. The fourth-order valence-corrected chi connectivity index (χ4v) is 2.43. The number of rotatable bonds is 7. The summed E-state index contributed by atoms with van der Waals surface area (Å²) in [5, 5.41) is 0. The van der Waals surface area contributed by atoms with Crippen molar-refractivity contribution in [1.82, 2.24) is 0 Å². The van der Waals surface area contributed by atoms with E-state index in [2.05, 4.69) is 6.92 Å². The van der Waals surface area contributed by atoms with Crippen LogP contribution in [0.15, 0.2) is 0 Å². The fourth-order valence-electron chi connectivity index (χ4n) is 1.39. The van der Waals surface area contributed by atoms with Gasteiger partial charge in [0.1, 0.15) is 0 Å². The van der Waals surface area contributed by atoms with Crippen molar-refractivity contribution in [1.29, 1.82) is 0 Å². The molecule has 1 atom stereocenters. The minimum absolute atomic E-state index is 0.00972. The van der Waals surface area contributed by atoms with Crippen LogP contribution in [0.1, 0.15) is 32.6 Å². The van der Waals surface area contributed by atoms with E-state index in [1.54, 1.807) is 0 Å². The highest BCUT2D eigenvalue weighted by molar-refractivity contribution is 7.51. The first-order chi connectivity index (χ1) is 5.99. The molecule has 0 saturated heterocycles. The van der Waals surface area contributed by atoms with Crippen LogP contribution in [-0.4, -0.2) is 22.5 Å². The standard InChI is InChI=1S/C8H20NO3P/c1-2-3-4-8(5-6-9)7-13(10,11)12/h8H,2-7,9H2,1H3,(H2,10,11,12). The van der Waals surface area contributed by atoms with Crippen LogP contribution in [0.2, 0.25) is 0 Å². The molecule has 0 rings (SSSR count). The number of hydrogen-bond donors (Lipinski definition) is 3. The Kier molecular flexibility index (Phi) is 6.60. The Balaban J connectivity index is 3.86. The molecule has 0 aliphatic rings. The van der Waals surface area contributed by atoms with E-state index in [1.807, 2.05) is 0 Å². The number of hydrogen-bond acceptors (Lipinski definition) is 2. The molecule has 0 radical (unpaired) electrons. The summed E-state index contributed by atoms with van der Waals surface area (Å²) in [4.78, 5) is 17.6. The summed E-state index contributed by atoms with van der Waals surface area (Å²) in [6.45, 7) is 2.57. The van der Waals surface area contributed by atoms with Crippen molar-refractivity contribution in [2.75, 3.05) is 12.7 Å². The molecule has 0 aromatic heterocycles. The maximum absolute atomic E-state index is 10.7. The quantitative estimate of drug-likeness (QED) is 0.552. The van der Waals surface area contributed by atoms with E-state index in [9.17, 15) is 4.57 Å². The summed E-state index contributed by atoms with van der Waals surface area (Å²) < 4.78 is 10.7. The first-order valence-electron chi connectivity index (χ1n) is 4.74. The van der Waals surface area contributed by atoms with Crippen molar-refractivity contribution in [2.45, 2.75) is 32.6 Å². The average molecular weight is 209 g/mol. The lowest BCUT2D eigenvalue weighted by atomic mass is 10.0. The Labute approximate surface area is 79.7 Å². The number of unbranched alkanes of at least 4 members (excludes halogenated alkanes) is 1. The molecule has 0 saturated carbocycles. The first-order valence-corrected chi connectivity index (χ1v) is 6.54. The molecule has 0 amide bonds. The molecule has 0 aliphatic carbocycles. The van der Waals surface area contributed by atoms with Gasteiger partial charge in [-0.15, -0.1) is 0 Å². The first kappa shape index (κ1) is 13.1. The number of nitrogens with two attached hydrogens (primary N) is 1. The maximum atomic E-state index is 10.7. The Morgan fingerprint density at radius 3 is 2.38 bits per heavy atom. The summed E-state index contributed by atoms with van der Waals surface area (Å²) in [6, 6.07) is 0. The molecule has 0 aliphatic heterocycles. The average Bonchev–Trinajstić information content (AvgIpc) is 1.98. The molecule has 13 heavy (non-hydrogen) atoms. The zero-order valence-electron chi connectivity index (χ0n) is 8.15. The van der Waals surface area contributed by atoms with Gasteiger partial charge >= 0.3 is 7.60 Å². The van der Waals surface area contributed by atoms with Gasteiger partial charge in [-0.3, -0.25) is 4.57 Å². The van der Waals surface area contributed by atoms with Gasteiger partial charge in [-0.2, -0.15) is 0 Å². The van der Waals surface area contributed by atoms with Crippen LogP contribution in [0.5, 0.6) is 0 Å². The SMILES string of the molecule is CCCCC(CCN)CP(=O)(O)O. The van der Waals surface area contributed by atoms with Gasteiger partial charge in [-0.25, -0.2) is 0 Å². The molecule has 0 aromatic carbocycles. The molecule has 1 unspecified atom stereocenters. The van der Waals surface area contributed by atoms with Crippen LogP contribution >= 0.6 is 7.60 Å². The predicted octanol–water partition coefficient (Wildman–Crippen LogP) is 1.32. The molecular weight excluding hydrogens is 189 g/mol. The molecular formula is C8H20NO3P. The topological polar surface area (TPSA) is 83.6 Å². The van der Waals surface area contributed by atoms with E-state index in [1.165, 1.54) is 0 Å². The van der Waals surface area contributed by atoms with Gasteiger partial charge in [0.15, 0.2) is 0 Å². The summed E-state index contributed by atoms with van der Waals surface area (Å²) >= 11 is 0. The molecule has 0 heterocycles. The van der Waals surface area contributed by atoms with Crippen LogP contribution in [0.25, 0.3) is 0 Å². The predicted molar refractivity (Wildman–Crippen MR) is 53.6 cm³/mol. The minimum atomic E-state index is -3.85. The highest BCUT2D eigenvalue weighted by atomic mass is 31.2. The largest absolute Gasteiger partial charge is 0.330 e. The van der Waals surface area contributed by atoms with Crippen molar-refractivity contribution in [2.24, 2.45) is 11.7 Å². The zero-order valence-corrected chi connectivity index (χ0v) is 9.04. The lowest BCUT2D eigenvalue weighted by Gasteiger charge is -2.15. The second kappa shape index (κ2) is 6.55. The highest BCUT2D eigenvalue weighted by Gasteiger charge is 2.20. The van der Waals surface area contributed by atoms with Crippen LogP contribution in [0.3, 0.4) is 0 Å². The Morgan fingerprint density at radius 1 is 1.38 bits per heavy atom. The van der Waals surface area contributed by atoms with Crippen LogP contribution in [0.4, 0.5) is 0 Å². The van der Waals surface area contributed by atoms with Crippen molar-refractivity contribution in [3.63, 3.8) is 0 Å².